The van der Waals surface area contributed by atoms with Crippen LogP contribution in [0.1, 0.15) is 42.9 Å². The number of likely N-dealkylation sites (tertiary alicyclic amines) is 1. The number of ether oxygens (including phenoxy) is 1. The molecule has 4 heterocycles. The first-order valence-electron chi connectivity index (χ1n) is 10.2. The molecule has 0 N–H and O–H groups in total. The summed E-state index contributed by atoms with van der Waals surface area (Å²) in [5.41, 5.74) is -2.97. The Hall–Kier alpha value is -2.69. The number of aromatic nitrogens is 3. The Balaban J connectivity index is 1.70. The van der Waals surface area contributed by atoms with Gasteiger partial charge in [0.05, 0.1) is 10.9 Å². The lowest BCUT2D eigenvalue weighted by Crippen LogP contribution is -2.43. The Morgan fingerprint density at radius 2 is 1.81 bits per heavy atom. The van der Waals surface area contributed by atoms with Crippen LogP contribution in [-0.2, 0) is 29.8 Å². The van der Waals surface area contributed by atoms with Crippen molar-refractivity contribution < 1.29 is 22.7 Å². The van der Waals surface area contributed by atoms with E-state index in [2.05, 4.69) is 4.98 Å². The van der Waals surface area contributed by atoms with Crippen LogP contribution < -0.4 is 11.2 Å². The molecule has 4 rings (SSSR count). The Bertz CT molecular complexity index is 1140. The fraction of sp³-hybridized carbons (Fsp3) is 0.600. The zero-order chi connectivity index (χ0) is 22.5. The summed E-state index contributed by atoms with van der Waals surface area (Å²) < 4.78 is 48.5. The molecule has 1 atom stereocenters. The Kier molecular flexibility index (Phi) is 5.40. The summed E-state index contributed by atoms with van der Waals surface area (Å²) >= 11 is 0. The predicted octanol–water partition coefficient (Wildman–Crippen LogP) is 1.54. The number of hydrogen-bond donors (Lipinski definition) is 0. The molecule has 168 valence electrons. The monoisotopic (exact) mass is 440 g/mol. The molecule has 2 aromatic heterocycles. The van der Waals surface area contributed by atoms with Gasteiger partial charge in [-0.3, -0.25) is 18.7 Å². The highest BCUT2D eigenvalue weighted by Gasteiger charge is 2.37. The van der Waals surface area contributed by atoms with E-state index in [4.69, 9.17) is 4.74 Å². The van der Waals surface area contributed by atoms with Crippen molar-refractivity contribution in [3.05, 3.63) is 38.2 Å². The number of amides is 1. The Morgan fingerprint density at radius 1 is 1.13 bits per heavy atom. The molecule has 2 fully saturated rings. The second-order valence-electron chi connectivity index (χ2n) is 8.10. The lowest BCUT2D eigenvalue weighted by molar-refractivity contribution is -0.142. The van der Waals surface area contributed by atoms with E-state index in [0.29, 0.717) is 43.5 Å². The molecule has 2 saturated heterocycles. The predicted molar refractivity (Wildman–Crippen MR) is 105 cm³/mol. The maximum Gasteiger partial charge on any atom is 0.417 e. The first kappa shape index (κ1) is 21.5. The van der Waals surface area contributed by atoms with Crippen LogP contribution in [0.15, 0.2) is 15.7 Å². The van der Waals surface area contributed by atoms with Gasteiger partial charge in [-0.2, -0.15) is 13.2 Å². The third-order valence-electron chi connectivity index (χ3n) is 6.17. The van der Waals surface area contributed by atoms with Crippen LogP contribution in [0.4, 0.5) is 13.2 Å². The lowest BCUT2D eigenvalue weighted by Gasteiger charge is -2.33. The molecule has 0 aromatic carbocycles. The molecule has 2 aromatic rings. The van der Waals surface area contributed by atoms with E-state index in [1.807, 2.05) is 0 Å². The van der Waals surface area contributed by atoms with Gasteiger partial charge in [0.1, 0.15) is 11.8 Å². The van der Waals surface area contributed by atoms with Gasteiger partial charge in [0.15, 0.2) is 0 Å². The number of alkyl halides is 3. The van der Waals surface area contributed by atoms with Gasteiger partial charge in [0.2, 0.25) is 0 Å². The molecule has 2 aliphatic heterocycles. The smallest absolute Gasteiger partial charge is 0.368 e. The Morgan fingerprint density at radius 3 is 2.39 bits per heavy atom. The molecular weight excluding hydrogens is 417 g/mol. The molecule has 31 heavy (non-hydrogen) atoms. The largest absolute Gasteiger partial charge is 0.417 e. The van der Waals surface area contributed by atoms with E-state index >= 15 is 0 Å². The minimum atomic E-state index is -4.78. The molecular formula is C20H23F3N4O4. The van der Waals surface area contributed by atoms with E-state index in [-0.39, 0.29) is 23.2 Å². The molecule has 0 radical (unpaired) electrons. The maximum atomic E-state index is 13.8. The molecule has 0 bridgehead atoms. The quantitative estimate of drug-likeness (QED) is 0.707. The van der Waals surface area contributed by atoms with Crippen molar-refractivity contribution in [1.82, 2.24) is 19.0 Å². The lowest BCUT2D eigenvalue weighted by atomic mass is 9.91. The maximum absolute atomic E-state index is 13.8. The van der Waals surface area contributed by atoms with Crippen LogP contribution in [0.5, 0.6) is 0 Å². The Labute approximate surface area is 175 Å². The number of halogens is 3. The highest BCUT2D eigenvalue weighted by molar-refractivity contribution is 5.81. The van der Waals surface area contributed by atoms with E-state index in [0.717, 1.165) is 24.1 Å². The van der Waals surface area contributed by atoms with Crippen LogP contribution in [0, 0.1) is 0 Å². The van der Waals surface area contributed by atoms with Crippen LogP contribution in [0.3, 0.4) is 0 Å². The number of carbonyl (C=O) groups excluding carboxylic acids is 1. The second-order valence-corrected chi connectivity index (χ2v) is 8.10. The standard InChI is InChI=1S/C20H23F3N4O4/c1-25-16-15(18(29)26(2)19(25)30)12(20(21,22)23)10-13(24-16)11-5-7-27(8-6-11)17(28)14-4-3-9-31-14/h10-11,14H,3-9H2,1-2H3/t14-/m1/s1. The van der Waals surface area contributed by atoms with Crippen LogP contribution in [0.2, 0.25) is 0 Å². The number of aryl methyl sites for hydroxylation is 1. The SMILES string of the molecule is Cn1c(=O)c2c(C(F)(F)F)cc(C3CCN(C(=O)[C@H]4CCCO4)CC3)nc2n(C)c1=O. The summed E-state index contributed by atoms with van der Waals surface area (Å²) in [6, 6.07) is 0.913. The van der Waals surface area contributed by atoms with E-state index in [1.165, 1.54) is 7.05 Å². The van der Waals surface area contributed by atoms with Crippen molar-refractivity contribution in [3.63, 3.8) is 0 Å². The number of piperidine rings is 1. The average molecular weight is 440 g/mol. The van der Waals surface area contributed by atoms with Crippen molar-refractivity contribution >= 4 is 16.9 Å². The van der Waals surface area contributed by atoms with Crippen molar-refractivity contribution in [2.75, 3.05) is 19.7 Å². The zero-order valence-corrected chi connectivity index (χ0v) is 17.2. The van der Waals surface area contributed by atoms with Gasteiger partial charge >= 0.3 is 11.9 Å². The zero-order valence-electron chi connectivity index (χ0n) is 17.2. The highest BCUT2D eigenvalue weighted by Crippen LogP contribution is 2.36. The molecule has 0 unspecified atom stereocenters. The van der Waals surface area contributed by atoms with Gasteiger partial charge < -0.3 is 9.64 Å². The molecule has 11 heteroatoms. The van der Waals surface area contributed by atoms with Crippen molar-refractivity contribution in [2.45, 2.75) is 43.9 Å². The number of fused-ring (bicyclic) bond motifs is 1. The summed E-state index contributed by atoms with van der Waals surface area (Å²) in [6.07, 6.45) is -2.82. The van der Waals surface area contributed by atoms with Crippen LogP contribution >= 0.6 is 0 Å². The third kappa shape index (κ3) is 3.75. The molecule has 1 amide bonds. The molecule has 2 aliphatic rings. The number of pyridine rings is 1. The van der Waals surface area contributed by atoms with Gasteiger partial charge in [0, 0.05) is 45.4 Å². The van der Waals surface area contributed by atoms with Gasteiger partial charge in [0.25, 0.3) is 11.5 Å². The van der Waals surface area contributed by atoms with Gasteiger partial charge in [-0.1, -0.05) is 0 Å². The summed E-state index contributed by atoms with van der Waals surface area (Å²) in [6.45, 7) is 1.34. The first-order valence-corrected chi connectivity index (χ1v) is 10.2. The molecule has 0 aliphatic carbocycles. The fourth-order valence-corrected chi connectivity index (χ4v) is 4.38. The summed E-state index contributed by atoms with van der Waals surface area (Å²) in [5, 5.41) is -0.619. The summed E-state index contributed by atoms with van der Waals surface area (Å²) in [4.78, 5) is 43.2. The fourth-order valence-electron chi connectivity index (χ4n) is 4.38. The van der Waals surface area contributed by atoms with Gasteiger partial charge in [-0.05, 0) is 31.7 Å². The van der Waals surface area contributed by atoms with E-state index < -0.39 is 34.5 Å². The summed E-state index contributed by atoms with van der Waals surface area (Å²) in [5.74, 6) is -0.400. The van der Waals surface area contributed by atoms with E-state index in [9.17, 15) is 27.6 Å². The van der Waals surface area contributed by atoms with Crippen molar-refractivity contribution in [2.24, 2.45) is 14.1 Å². The summed E-state index contributed by atoms with van der Waals surface area (Å²) in [7, 11) is 2.43. The minimum absolute atomic E-state index is 0.0794. The topological polar surface area (TPSA) is 86.4 Å². The molecule has 8 nitrogen and oxygen atoms in total. The average Bonchev–Trinajstić information content (AvgIpc) is 3.29. The second kappa shape index (κ2) is 7.77. The van der Waals surface area contributed by atoms with Gasteiger partial charge in [-0.15, -0.1) is 0 Å². The minimum Gasteiger partial charge on any atom is -0.368 e. The molecule has 0 saturated carbocycles. The van der Waals surface area contributed by atoms with Crippen molar-refractivity contribution in [3.8, 4) is 0 Å². The first-order chi connectivity index (χ1) is 14.6. The number of nitrogens with zero attached hydrogens (tertiary/aromatic N) is 4. The van der Waals surface area contributed by atoms with Crippen LogP contribution in [-0.4, -0.2) is 50.7 Å². The molecule has 0 spiro atoms. The highest BCUT2D eigenvalue weighted by atomic mass is 19.4. The number of carbonyl (C=O) groups is 1. The van der Waals surface area contributed by atoms with E-state index in [1.54, 1.807) is 4.90 Å². The number of rotatable bonds is 2. The van der Waals surface area contributed by atoms with Crippen LogP contribution in [0.25, 0.3) is 11.0 Å². The third-order valence-corrected chi connectivity index (χ3v) is 6.17. The number of hydrogen-bond acceptors (Lipinski definition) is 5. The van der Waals surface area contributed by atoms with Crippen molar-refractivity contribution in [1.29, 1.82) is 0 Å². The van der Waals surface area contributed by atoms with Gasteiger partial charge in [-0.25, -0.2) is 9.78 Å². The normalized spacial score (nSPS) is 20.5.